The molecule has 0 N–H and O–H groups in total. The minimum Gasteiger partial charge on any atom is -0.490 e. The summed E-state index contributed by atoms with van der Waals surface area (Å²) < 4.78 is 13.9. The monoisotopic (exact) mass is 593 g/mol. The van der Waals surface area contributed by atoms with Crippen LogP contribution in [-0.4, -0.2) is 6.61 Å². The molecule has 0 spiro atoms. The van der Waals surface area contributed by atoms with Crippen molar-refractivity contribution in [3.8, 4) is 17.6 Å². The van der Waals surface area contributed by atoms with Crippen LogP contribution in [0, 0.1) is 14.9 Å². The highest BCUT2D eigenvalue weighted by Crippen LogP contribution is 2.36. The largest absolute Gasteiger partial charge is 0.490 e. The molecule has 0 aromatic heterocycles. The first-order valence-electron chi connectivity index (χ1n) is 9.21. The van der Waals surface area contributed by atoms with Gasteiger partial charge in [-0.2, -0.15) is 5.26 Å². The Morgan fingerprint density at radius 1 is 1.10 bits per heavy atom. The molecule has 3 nitrogen and oxygen atoms in total. The molecule has 0 heterocycles. The minimum atomic E-state index is 0.437. The Kier molecular flexibility index (Phi) is 8.20. The quantitative estimate of drug-likeness (QED) is 0.160. The van der Waals surface area contributed by atoms with Crippen molar-refractivity contribution in [3.63, 3.8) is 0 Å². The molecule has 0 saturated carbocycles. The predicted molar refractivity (Wildman–Crippen MR) is 134 cm³/mol. The van der Waals surface area contributed by atoms with Crippen LogP contribution in [0.3, 0.4) is 0 Å². The van der Waals surface area contributed by atoms with Crippen molar-refractivity contribution in [1.82, 2.24) is 0 Å². The van der Waals surface area contributed by atoms with Crippen LogP contribution in [0.15, 0.2) is 65.1 Å². The predicted octanol–water partition coefficient (Wildman–Crippen LogP) is 7.75. The lowest BCUT2D eigenvalue weighted by molar-refractivity contribution is 0.267. The Balaban J connectivity index is 1.90. The number of benzene rings is 3. The van der Waals surface area contributed by atoms with Gasteiger partial charge in [0.1, 0.15) is 6.61 Å². The molecule has 0 aliphatic carbocycles. The van der Waals surface area contributed by atoms with Crippen LogP contribution < -0.4 is 9.47 Å². The van der Waals surface area contributed by atoms with Crippen LogP contribution in [0.2, 0.25) is 5.02 Å². The molecule has 0 bridgehead atoms. The van der Waals surface area contributed by atoms with Gasteiger partial charge in [0.2, 0.25) is 0 Å². The maximum Gasteiger partial charge on any atom is 0.175 e. The van der Waals surface area contributed by atoms with Gasteiger partial charge in [-0.25, -0.2) is 0 Å². The zero-order valence-corrected chi connectivity index (χ0v) is 20.7. The summed E-state index contributed by atoms with van der Waals surface area (Å²) >= 11 is 11.6. The first-order chi connectivity index (χ1) is 14.5. The Hall–Kier alpha value is -2.01. The summed E-state index contributed by atoms with van der Waals surface area (Å²) in [6.07, 6.45) is 1.84. The second-order valence-corrected chi connectivity index (χ2v) is 8.87. The van der Waals surface area contributed by atoms with Gasteiger partial charge in [-0.1, -0.05) is 51.8 Å². The third-order valence-corrected chi connectivity index (χ3v) is 5.80. The van der Waals surface area contributed by atoms with E-state index < -0.39 is 0 Å². The molecule has 0 aliphatic heterocycles. The molecule has 0 atom stereocenters. The highest BCUT2D eigenvalue weighted by Gasteiger charge is 2.13. The molecule has 6 heteroatoms. The van der Waals surface area contributed by atoms with E-state index in [1.54, 1.807) is 12.1 Å². The summed E-state index contributed by atoms with van der Waals surface area (Å²) in [5, 5.41) is 10.3. The van der Waals surface area contributed by atoms with Crippen molar-refractivity contribution in [2.75, 3.05) is 6.61 Å². The average molecular weight is 595 g/mol. The summed E-state index contributed by atoms with van der Waals surface area (Å²) in [7, 11) is 0. The lowest BCUT2D eigenvalue weighted by atomic mass is 10.0. The van der Waals surface area contributed by atoms with Crippen molar-refractivity contribution in [3.05, 3.63) is 90.4 Å². The topological polar surface area (TPSA) is 42.2 Å². The average Bonchev–Trinajstić information content (AvgIpc) is 2.73. The highest BCUT2D eigenvalue weighted by molar-refractivity contribution is 14.1. The van der Waals surface area contributed by atoms with Crippen molar-refractivity contribution in [2.24, 2.45) is 0 Å². The fourth-order valence-corrected chi connectivity index (χ4v) is 3.96. The first-order valence-corrected chi connectivity index (χ1v) is 11.5. The number of allylic oxidation sites excluding steroid dienone is 1. The fourth-order valence-electron chi connectivity index (χ4n) is 2.79. The van der Waals surface area contributed by atoms with Crippen LogP contribution in [0.4, 0.5) is 0 Å². The Morgan fingerprint density at radius 3 is 2.43 bits per heavy atom. The molecule has 3 aromatic rings. The number of nitrogens with zero attached hydrogens (tertiary/aromatic N) is 1. The third-order valence-electron chi connectivity index (χ3n) is 4.21. The van der Waals surface area contributed by atoms with E-state index in [1.165, 1.54) is 0 Å². The summed E-state index contributed by atoms with van der Waals surface area (Å²) in [6, 6.07) is 21.4. The molecule has 0 unspecified atom stereocenters. The molecule has 0 radical (unpaired) electrons. The second-order valence-electron chi connectivity index (χ2n) is 6.35. The van der Waals surface area contributed by atoms with Crippen molar-refractivity contribution in [1.29, 1.82) is 5.26 Å². The zero-order valence-electron chi connectivity index (χ0n) is 16.2. The van der Waals surface area contributed by atoms with Crippen LogP contribution in [0.25, 0.3) is 11.6 Å². The summed E-state index contributed by atoms with van der Waals surface area (Å²) in [6.45, 7) is 2.88. The molecule has 0 saturated heterocycles. The van der Waals surface area contributed by atoms with E-state index >= 15 is 0 Å². The standard InChI is InChI=1S/C24H18BrClINO2/c1-2-29-23-13-17(11-19(14-28)18-5-9-21(26)10-6-18)12-22(27)24(23)30-15-16-3-7-20(25)8-4-16/h3-13H,2,15H2,1H3/b19-11-. The van der Waals surface area contributed by atoms with E-state index in [-0.39, 0.29) is 0 Å². The molecule has 0 amide bonds. The van der Waals surface area contributed by atoms with Gasteiger partial charge in [-0.05, 0) is 88.7 Å². The molecule has 3 aromatic carbocycles. The van der Waals surface area contributed by atoms with E-state index in [0.29, 0.717) is 35.3 Å². The summed E-state index contributed by atoms with van der Waals surface area (Å²) in [5.74, 6) is 1.35. The number of rotatable bonds is 7. The number of nitriles is 1. The van der Waals surface area contributed by atoms with E-state index in [2.05, 4.69) is 44.6 Å². The van der Waals surface area contributed by atoms with Gasteiger partial charge in [0.05, 0.1) is 21.8 Å². The molecular weight excluding hydrogens is 577 g/mol. The van der Waals surface area contributed by atoms with E-state index in [4.69, 9.17) is 21.1 Å². The third kappa shape index (κ3) is 6.00. The number of halogens is 3. The number of hydrogen-bond acceptors (Lipinski definition) is 3. The highest BCUT2D eigenvalue weighted by atomic mass is 127. The van der Waals surface area contributed by atoms with Gasteiger partial charge >= 0.3 is 0 Å². The zero-order chi connectivity index (χ0) is 21.5. The Morgan fingerprint density at radius 2 is 1.80 bits per heavy atom. The Bertz CT molecular complexity index is 1090. The molecule has 0 fully saturated rings. The molecular formula is C24H18BrClINO2. The molecule has 0 aliphatic rings. The van der Waals surface area contributed by atoms with Gasteiger partial charge in [-0.3, -0.25) is 0 Å². The molecule has 152 valence electrons. The van der Waals surface area contributed by atoms with Crippen LogP contribution in [-0.2, 0) is 6.61 Å². The minimum absolute atomic E-state index is 0.437. The molecule has 3 rings (SSSR count). The van der Waals surface area contributed by atoms with Gasteiger partial charge in [-0.15, -0.1) is 0 Å². The van der Waals surface area contributed by atoms with Crippen LogP contribution in [0.5, 0.6) is 11.5 Å². The van der Waals surface area contributed by atoms with E-state index in [0.717, 1.165) is 24.7 Å². The maximum atomic E-state index is 9.62. The van der Waals surface area contributed by atoms with Gasteiger partial charge in [0.25, 0.3) is 0 Å². The maximum absolute atomic E-state index is 9.62. The SMILES string of the molecule is CCOc1cc(/C=C(/C#N)c2ccc(Cl)cc2)cc(I)c1OCc1ccc(Br)cc1. The lowest BCUT2D eigenvalue weighted by Gasteiger charge is -2.15. The van der Waals surface area contributed by atoms with E-state index in [9.17, 15) is 5.26 Å². The van der Waals surface area contributed by atoms with Crippen LogP contribution >= 0.6 is 50.1 Å². The summed E-state index contributed by atoms with van der Waals surface area (Å²) in [4.78, 5) is 0. The van der Waals surface area contributed by atoms with Gasteiger partial charge < -0.3 is 9.47 Å². The Labute approximate surface area is 203 Å². The first kappa shape index (κ1) is 22.7. The number of hydrogen-bond donors (Lipinski definition) is 0. The van der Waals surface area contributed by atoms with Crippen molar-refractivity contribution < 1.29 is 9.47 Å². The normalized spacial score (nSPS) is 11.1. The number of ether oxygens (including phenoxy) is 2. The smallest absolute Gasteiger partial charge is 0.175 e. The second kappa shape index (κ2) is 10.9. The van der Waals surface area contributed by atoms with E-state index in [1.807, 2.05) is 61.5 Å². The van der Waals surface area contributed by atoms with Crippen LogP contribution in [0.1, 0.15) is 23.6 Å². The van der Waals surface area contributed by atoms with Crippen molar-refractivity contribution in [2.45, 2.75) is 13.5 Å². The molecule has 30 heavy (non-hydrogen) atoms. The van der Waals surface area contributed by atoms with Gasteiger partial charge in [0, 0.05) is 9.50 Å². The lowest BCUT2D eigenvalue weighted by Crippen LogP contribution is -2.02. The fraction of sp³-hybridized carbons (Fsp3) is 0.125. The van der Waals surface area contributed by atoms with Crippen molar-refractivity contribution >= 4 is 61.8 Å². The van der Waals surface area contributed by atoms with Gasteiger partial charge in [0.15, 0.2) is 11.5 Å². The summed E-state index contributed by atoms with van der Waals surface area (Å²) in [5.41, 5.74) is 3.29.